The predicted molar refractivity (Wildman–Crippen MR) is 89.0 cm³/mol. The van der Waals surface area contributed by atoms with Gasteiger partial charge in [0.25, 0.3) is 0 Å². The zero-order chi connectivity index (χ0) is 17.0. The average Bonchev–Trinajstić information content (AvgIpc) is 2.96. The van der Waals surface area contributed by atoms with Gasteiger partial charge in [0.2, 0.25) is 0 Å². The Morgan fingerprint density at radius 3 is 2.65 bits per heavy atom. The normalized spacial score (nSPS) is 13.7. The maximum absolute atomic E-state index is 10.5. The number of aliphatic hydroxyl groups is 1. The largest absolute Gasteiger partial charge is 0.493 e. The van der Waals surface area contributed by atoms with E-state index in [4.69, 9.17) is 21.1 Å². The van der Waals surface area contributed by atoms with Crippen LogP contribution in [0.25, 0.3) is 0 Å². The Morgan fingerprint density at radius 2 is 2.09 bits per heavy atom. The van der Waals surface area contributed by atoms with Gasteiger partial charge < -0.3 is 19.9 Å². The minimum atomic E-state index is -1.02. The van der Waals surface area contributed by atoms with E-state index in [9.17, 15) is 5.11 Å². The zero-order valence-electron chi connectivity index (χ0n) is 13.8. The van der Waals surface area contributed by atoms with Crippen molar-refractivity contribution < 1.29 is 14.6 Å². The number of methoxy groups -OCH3 is 2. The first-order valence-electron chi connectivity index (χ1n) is 7.20. The third-order valence-electron chi connectivity index (χ3n) is 3.68. The second-order valence-electron chi connectivity index (χ2n) is 5.55. The van der Waals surface area contributed by atoms with Crippen LogP contribution in [0.15, 0.2) is 24.5 Å². The van der Waals surface area contributed by atoms with Crippen molar-refractivity contribution in [3.63, 3.8) is 0 Å². The highest BCUT2D eigenvalue weighted by Crippen LogP contribution is 2.37. The van der Waals surface area contributed by atoms with Crippen molar-refractivity contribution in [1.82, 2.24) is 15.1 Å². The molecule has 2 N–H and O–H groups in total. The first kappa shape index (κ1) is 17.6. The molecular weight excluding hydrogens is 318 g/mol. The summed E-state index contributed by atoms with van der Waals surface area (Å²) >= 11 is 6.34. The minimum absolute atomic E-state index is 0.364. The van der Waals surface area contributed by atoms with E-state index < -0.39 is 5.60 Å². The number of ether oxygens (including phenoxy) is 2. The molecule has 0 bridgehead atoms. The molecule has 1 aromatic heterocycles. The van der Waals surface area contributed by atoms with Crippen molar-refractivity contribution in [3.8, 4) is 11.5 Å². The summed E-state index contributed by atoms with van der Waals surface area (Å²) in [4.78, 5) is 0. The van der Waals surface area contributed by atoms with Gasteiger partial charge in [0.1, 0.15) is 5.60 Å². The summed E-state index contributed by atoms with van der Waals surface area (Å²) in [5.41, 5.74) is 0.606. The Labute approximate surface area is 141 Å². The Hall–Kier alpha value is -1.76. The fourth-order valence-electron chi connectivity index (χ4n) is 2.31. The van der Waals surface area contributed by atoms with Gasteiger partial charge >= 0.3 is 0 Å². The van der Waals surface area contributed by atoms with E-state index in [2.05, 4.69) is 10.4 Å². The summed E-state index contributed by atoms with van der Waals surface area (Å²) in [6.07, 6.45) is 3.45. The number of benzene rings is 1. The Morgan fingerprint density at radius 1 is 1.35 bits per heavy atom. The molecule has 23 heavy (non-hydrogen) atoms. The summed E-state index contributed by atoms with van der Waals surface area (Å²) in [5, 5.41) is 18.3. The SMILES string of the molecule is COc1ccc(CNCC(C)(O)c2cnn(C)c2)c(Cl)c1OC. The van der Waals surface area contributed by atoms with Gasteiger partial charge in [-0.1, -0.05) is 17.7 Å². The van der Waals surface area contributed by atoms with Gasteiger partial charge in [-0.15, -0.1) is 0 Å². The first-order valence-corrected chi connectivity index (χ1v) is 7.58. The van der Waals surface area contributed by atoms with E-state index in [1.165, 1.54) is 0 Å². The molecule has 2 aromatic rings. The molecule has 0 radical (unpaired) electrons. The van der Waals surface area contributed by atoms with E-state index >= 15 is 0 Å². The topological polar surface area (TPSA) is 68.5 Å². The van der Waals surface area contributed by atoms with Crippen LogP contribution in [0.4, 0.5) is 0 Å². The zero-order valence-corrected chi connectivity index (χ0v) is 14.5. The van der Waals surface area contributed by atoms with Crippen LogP contribution in [0.2, 0.25) is 5.02 Å². The molecule has 0 spiro atoms. The number of aryl methyl sites for hydroxylation is 1. The van der Waals surface area contributed by atoms with Crippen LogP contribution in [-0.4, -0.2) is 35.7 Å². The maximum Gasteiger partial charge on any atom is 0.179 e. The molecule has 0 saturated carbocycles. The monoisotopic (exact) mass is 339 g/mol. The molecule has 0 fully saturated rings. The van der Waals surface area contributed by atoms with E-state index in [0.29, 0.717) is 29.6 Å². The van der Waals surface area contributed by atoms with E-state index in [1.54, 1.807) is 44.3 Å². The fraction of sp³-hybridized carbons (Fsp3) is 0.438. The van der Waals surface area contributed by atoms with Crippen molar-refractivity contribution >= 4 is 11.6 Å². The molecule has 126 valence electrons. The lowest BCUT2D eigenvalue weighted by Crippen LogP contribution is -2.34. The summed E-state index contributed by atoms with van der Waals surface area (Å²) in [6.45, 7) is 2.60. The summed E-state index contributed by atoms with van der Waals surface area (Å²) < 4.78 is 12.2. The third-order valence-corrected chi connectivity index (χ3v) is 4.09. The van der Waals surface area contributed by atoms with Gasteiger partial charge in [0.15, 0.2) is 11.5 Å². The van der Waals surface area contributed by atoms with Gasteiger partial charge in [0.05, 0.1) is 25.4 Å². The average molecular weight is 340 g/mol. The molecule has 0 saturated heterocycles. The second-order valence-corrected chi connectivity index (χ2v) is 5.93. The van der Waals surface area contributed by atoms with Gasteiger partial charge in [-0.3, -0.25) is 4.68 Å². The lowest BCUT2D eigenvalue weighted by atomic mass is 9.99. The number of rotatable bonds is 7. The van der Waals surface area contributed by atoms with Crippen molar-refractivity contribution in [2.24, 2.45) is 7.05 Å². The summed E-state index contributed by atoms with van der Waals surface area (Å²) in [6, 6.07) is 3.68. The van der Waals surface area contributed by atoms with Gasteiger partial charge in [-0.2, -0.15) is 5.10 Å². The molecule has 2 rings (SSSR count). The maximum atomic E-state index is 10.5. The lowest BCUT2D eigenvalue weighted by Gasteiger charge is -2.22. The number of hydrogen-bond donors (Lipinski definition) is 2. The molecular formula is C16H22ClN3O3. The summed E-state index contributed by atoms with van der Waals surface area (Å²) in [7, 11) is 4.93. The number of nitrogens with zero attached hydrogens (tertiary/aromatic N) is 2. The Balaban J connectivity index is 2.04. The molecule has 0 aliphatic rings. The summed E-state index contributed by atoms with van der Waals surface area (Å²) in [5.74, 6) is 1.09. The van der Waals surface area contributed by atoms with E-state index in [0.717, 1.165) is 11.1 Å². The minimum Gasteiger partial charge on any atom is -0.493 e. The molecule has 1 atom stereocenters. The molecule has 1 unspecified atom stereocenters. The quantitative estimate of drug-likeness (QED) is 0.808. The molecule has 6 nitrogen and oxygen atoms in total. The fourth-order valence-corrected chi connectivity index (χ4v) is 2.61. The van der Waals surface area contributed by atoms with Crippen LogP contribution in [0.5, 0.6) is 11.5 Å². The molecule has 1 aromatic carbocycles. The first-order chi connectivity index (χ1) is 10.9. The van der Waals surface area contributed by atoms with E-state index in [-0.39, 0.29) is 0 Å². The molecule has 0 amide bonds. The van der Waals surface area contributed by atoms with Crippen LogP contribution >= 0.6 is 11.6 Å². The van der Waals surface area contributed by atoms with Gasteiger partial charge in [-0.05, 0) is 18.6 Å². The number of aromatic nitrogens is 2. The van der Waals surface area contributed by atoms with Crippen molar-refractivity contribution in [2.75, 3.05) is 20.8 Å². The highest BCUT2D eigenvalue weighted by atomic mass is 35.5. The van der Waals surface area contributed by atoms with Gasteiger partial charge in [-0.25, -0.2) is 0 Å². The Kier molecular flexibility index (Phi) is 5.51. The molecule has 0 aliphatic heterocycles. The molecule has 0 aliphatic carbocycles. The van der Waals surface area contributed by atoms with Crippen molar-refractivity contribution in [1.29, 1.82) is 0 Å². The van der Waals surface area contributed by atoms with E-state index in [1.807, 2.05) is 13.1 Å². The van der Waals surface area contributed by atoms with Crippen LogP contribution in [-0.2, 0) is 19.2 Å². The van der Waals surface area contributed by atoms with Crippen LogP contribution in [0.1, 0.15) is 18.1 Å². The lowest BCUT2D eigenvalue weighted by molar-refractivity contribution is 0.0566. The second kappa shape index (κ2) is 7.21. The number of halogens is 1. The highest BCUT2D eigenvalue weighted by Gasteiger charge is 2.24. The Bertz CT molecular complexity index is 671. The molecule has 7 heteroatoms. The predicted octanol–water partition coefficient (Wildman–Crippen LogP) is 2.09. The highest BCUT2D eigenvalue weighted by molar-refractivity contribution is 6.33. The van der Waals surface area contributed by atoms with Crippen molar-refractivity contribution in [2.45, 2.75) is 19.1 Å². The third kappa shape index (κ3) is 3.96. The van der Waals surface area contributed by atoms with Crippen molar-refractivity contribution in [3.05, 3.63) is 40.7 Å². The van der Waals surface area contributed by atoms with Crippen LogP contribution < -0.4 is 14.8 Å². The van der Waals surface area contributed by atoms with Gasteiger partial charge in [0, 0.05) is 31.9 Å². The molecule has 1 heterocycles. The number of hydrogen-bond acceptors (Lipinski definition) is 5. The number of nitrogens with one attached hydrogen (secondary N) is 1. The smallest absolute Gasteiger partial charge is 0.179 e. The standard InChI is InChI=1S/C16H22ClN3O3/c1-16(21,12-8-19-20(2)9-12)10-18-7-11-5-6-13(22-3)15(23-4)14(11)17/h5-6,8-9,18,21H,7,10H2,1-4H3. The van der Waals surface area contributed by atoms with Crippen LogP contribution in [0, 0.1) is 0 Å². The van der Waals surface area contributed by atoms with Crippen LogP contribution in [0.3, 0.4) is 0 Å².